The number of ether oxygens (including phenoxy) is 2. The van der Waals surface area contributed by atoms with Crippen molar-refractivity contribution in [3.05, 3.63) is 88.4 Å². The lowest BCUT2D eigenvalue weighted by atomic mass is 9.93. The van der Waals surface area contributed by atoms with Gasteiger partial charge in [0.25, 0.3) is 5.88 Å². The first-order valence-corrected chi connectivity index (χ1v) is 13.9. The molecule has 0 aliphatic carbocycles. The third kappa shape index (κ3) is 5.82. The average molecular weight is 574 g/mol. The van der Waals surface area contributed by atoms with Crippen LogP contribution < -0.4 is 4.74 Å². The summed E-state index contributed by atoms with van der Waals surface area (Å²) < 4.78 is 42.0. The van der Waals surface area contributed by atoms with Crippen molar-refractivity contribution in [2.75, 3.05) is 19.7 Å². The summed E-state index contributed by atoms with van der Waals surface area (Å²) in [6.07, 6.45) is 2.66. The van der Waals surface area contributed by atoms with Crippen molar-refractivity contribution in [2.45, 2.75) is 51.0 Å². The van der Waals surface area contributed by atoms with Crippen molar-refractivity contribution in [2.24, 2.45) is 0 Å². The van der Waals surface area contributed by atoms with Gasteiger partial charge in [-0.3, -0.25) is 4.90 Å². The Bertz CT molecular complexity index is 1670. The lowest BCUT2D eigenvalue weighted by Gasteiger charge is -2.32. The van der Waals surface area contributed by atoms with Crippen molar-refractivity contribution in [1.82, 2.24) is 19.4 Å². The number of aromatic carboxylic acids is 1. The van der Waals surface area contributed by atoms with E-state index in [2.05, 4.69) is 14.5 Å². The van der Waals surface area contributed by atoms with Gasteiger partial charge in [-0.2, -0.15) is 5.26 Å². The number of halogens is 2. The number of benzene rings is 2. The van der Waals surface area contributed by atoms with Crippen LogP contribution in [0.3, 0.4) is 0 Å². The molecule has 42 heavy (non-hydrogen) atoms. The number of carboxylic acid groups (broad SMARTS) is 1. The molecule has 0 radical (unpaired) electrons. The zero-order chi connectivity index (χ0) is 29.2. The van der Waals surface area contributed by atoms with Crippen LogP contribution in [0.25, 0.3) is 11.0 Å². The van der Waals surface area contributed by atoms with Gasteiger partial charge < -0.3 is 19.1 Å². The lowest BCUT2D eigenvalue weighted by molar-refractivity contribution is -0.0592. The van der Waals surface area contributed by atoms with E-state index in [9.17, 15) is 18.7 Å². The quantitative estimate of drug-likeness (QED) is 0.297. The van der Waals surface area contributed by atoms with Gasteiger partial charge in [0.05, 0.1) is 47.4 Å². The predicted molar refractivity (Wildman–Crippen MR) is 148 cm³/mol. The molecule has 0 amide bonds. The number of carboxylic acids is 1. The van der Waals surface area contributed by atoms with Gasteiger partial charge in [-0.25, -0.2) is 23.5 Å². The highest BCUT2D eigenvalue weighted by molar-refractivity contribution is 5.92. The number of nitriles is 1. The van der Waals surface area contributed by atoms with Crippen LogP contribution in [0.5, 0.6) is 5.88 Å². The van der Waals surface area contributed by atoms with Crippen LogP contribution in [-0.2, 0) is 24.4 Å². The molecule has 1 atom stereocenters. The fourth-order valence-electron chi connectivity index (χ4n) is 5.50. The summed E-state index contributed by atoms with van der Waals surface area (Å²) in [6.45, 7) is 3.32. The monoisotopic (exact) mass is 573 g/mol. The van der Waals surface area contributed by atoms with E-state index in [0.717, 1.165) is 67.6 Å². The fourth-order valence-corrected chi connectivity index (χ4v) is 5.50. The summed E-state index contributed by atoms with van der Waals surface area (Å²) in [6, 6.07) is 13.9. The number of rotatable bonds is 9. The topological polar surface area (TPSA) is 114 Å². The summed E-state index contributed by atoms with van der Waals surface area (Å²) in [7, 11) is 0. The largest absolute Gasteiger partial charge is 0.478 e. The number of nitrogens with zero attached hydrogens (tertiary/aromatic N) is 5. The molecule has 4 heterocycles. The summed E-state index contributed by atoms with van der Waals surface area (Å²) in [5.41, 5.74) is 2.91. The van der Waals surface area contributed by atoms with E-state index in [1.54, 1.807) is 24.3 Å². The molecule has 2 saturated heterocycles. The van der Waals surface area contributed by atoms with Gasteiger partial charge in [0.15, 0.2) is 5.82 Å². The van der Waals surface area contributed by atoms with Gasteiger partial charge in [-0.1, -0.05) is 6.07 Å². The second kappa shape index (κ2) is 11.8. The van der Waals surface area contributed by atoms with E-state index in [1.165, 1.54) is 18.2 Å². The Morgan fingerprint density at radius 2 is 1.88 bits per heavy atom. The standard InChI is InChI=1S/C31H29F2N5O4/c32-24-4-6-26(36-30(24)42-18-22-2-1-19(15-34)13-25(22)33)20-7-10-37(11-8-20)17-29-35-27-5-3-21(31(39)40)14-28(27)38(29)16-23-9-12-41-23/h1-6,13-14,20,23H,7-12,16-18H2,(H,39,40)/t23-/m0/s1. The Hall–Kier alpha value is -4.40. The van der Waals surface area contributed by atoms with Crippen LogP contribution in [0, 0.1) is 23.0 Å². The normalized spacial score (nSPS) is 17.6. The lowest BCUT2D eigenvalue weighted by Crippen LogP contribution is -2.35. The third-order valence-corrected chi connectivity index (χ3v) is 8.01. The second-order valence-corrected chi connectivity index (χ2v) is 10.7. The van der Waals surface area contributed by atoms with Crippen molar-refractivity contribution in [3.8, 4) is 11.9 Å². The van der Waals surface area contributed by atoms with Crippen LogP contribution in [0.4, 0.5) is 8.78 Å². The Morgan fingerprint density at radius 3 is 2.57 bits per heavy atom. The number of piperidine rings is 1. The van der Waals surface area contributed by atoms with E-state index in [4.69, 9.17) is 19.7 Å². The number of aromatic nitrogens is 3. The smallest absolute Gasteiger partial charge is 0.335 e. The molecular weight excluding hydrogens is 544 g/mol. The summed E-state index contributed by atoms with van der Waals surface area (Å²) in [5.74, 6) is -1.38. The number of fused-ring (bicyclic) bond motifs is 1. The number of hydrogen-bond donors (Lipinski definition) is 1. The first kappa shape index (κ1) is 27.8. The maximum atomic E-state index is 14.5. The molecule has 2 aromatic carbocycles. The van der Waals surface area contributed by atoms with Crippen molar-refractivity contribution < 1.29 is 28.2 Å². The Balaban J connectivity index is 1.12. The van der Waals surface area contributed by atoms with Crippen LogP contribution in [0.1, 0.15) is 58.2 Å². The van der Waals surface area contributed by atoms with Crippen LogP contribution in [0.15, 0.2) is 48.5 Å². The van der Waals surface area contributed by atoms with Gasteiger partial charge in [0.1, 0.15) is 18.2 Å². The summed E-state index contributed by atoms with van der Waals surface area (Å²) in [5, 5.41) is 18.4. The van der Waals surface area contributed by atoms with E-state index in [1.807, 2.05) is 6.07 Å². The zero-order valence-electron chi connectivity index (χ0n) is 22.8. The third-order valence-electron chi connectivity index (χ3n) is 8.01. The molecule has 0 spiro atoms. The highest BCUT2D eigenvalue weighted by Gasteiger charge is 2.26. The summed E-state index contributed by atoms with van der Waals surface area (Å²) >= 11 is 0. The van der Waals surface area contributed by atoms with Crippen molar-refractivity contribution in [1.29, 1.82) is 5.26 Å². The molecule has 2 fully saturated rings. The SMILES string of the molecule is N#Cc1ccc(COc2nc(C3CCN(Cc4nc5ccc(C(=O)O)cc5n4C[C@@H]4CCO4)CC3)ccc2F)c(F)c1. The highest BCUT2D eigenvalue weighted by Crippen LogP contribution is 2.31. The minimum absolute atomic E-state index is 0.0924. The molecule has 2 aliphatic heterocycles. The fraction of sp³-hybridized carbons (Fsp3) is 0.355. The minimum atomic E-state index is -0.974. The summed E-state index contributed by atoms with van der Waals surface area (Å²) in [4.78, 5) is 23.1. The Kier molecular flexibility index (Phi) is 7.82. The molecule has 216 valence electrons. The first-order chi connectivity index (χ1) is 20.4. The molecule has 0 unspecified atom stereocenters. The van der Waals surface area contributed by atoms with Crippen LogP contribution in [-0.4, -0.2) is 56.3 Å². The van der Waals surface area contributed by atoms with Gasteiger partial charge in [-0.15, -0.1) is 0 Å². The highest BCUT2D eigenvalue weighted by atomic mass is 19.1. The van der Waals surface area contributed by atoms with Gasteiger partial charge in [0, 0.05) is 23.8 Å². The van der Waals surface area contributed by atoms with Gasteiger partial charge in [-0.05, 0) is 74.8 Å². The van der Waals surface area contributed by atoms with Crippen molar-refractivity contribution in [3.63, 3.8) is 0 Å². The molecule has 4 aromatic rings. The Morgan fingerprint density at radius 1 is 1.07 bits per heavy atom. The van der Waals surface area contributed by atoms with Crippen LogP contribution >= 0.6 is 0 Å². The average Bonchev–Trinajstić information content (AvgIpc) is 3.31. The van der Waals surface area contributed by atoms with E-state index < -0.39 is 17.6 Å². The molecule has 0 bridgehead atoms. The first-order valence-electron chi connectivity index (χ1n) is 13.9. The number of likely N-dealkylation sites (tertiary alicyclic amines) is 1. The van der Waals surface area contributed by atoms with Gasteiger partial charge in [0.2, 0.25) is 0 Å². The second-order valence-electron chi connectivity index (χ2n) is 10.7. The maximum absolute atomic E-state index is 14.5. The van der Waals surface area contributed by atoms with Crippen LogP contribution in [0.2, 0.25) is 0 Å². The maximum Gasteiger partial charge on any atom is 0.335 e. The van der Waals surface area contributed by atoms with E-state index in [-0.39, 0.29) is 41.2 Å². The number of hydrogen-bond acceptors (Lipinski definition) is 7. The number of imidazole rings is 1. The zero-order valence-corrected chi connectivity index (χ0v) is 22.8. The molecule has 1 N–H and O–H groups in total. The van der Waals surface area contributed by atoms with Crippen molar-refractivity contribution >= 4 is 17.0 Å². The molecule has 2 aliphatic rings. The molecule has 11 heteroatoms. The predicted octanol–water partition coefficient (Wildman–Crippen LogP) is 5.03. The van der Waals surface area contributed by atoms with E-state index >= 15 is 0 Å². The molecule has 9 nitrogen and oxygen atoms in total. The van der Waals surface area contributed by atoms with E-state index in [0.29, 0.717) is 13.1 Å². The molecule has 2 aromatic heterocycles. The molecule has 0 saturated carbocycles. The molecule has 6 rings (SSSR count). The number of pyridine rings is 1. The van der Waals surface area contributed by atoms with Gasteiger partial charge >= 0.3 is 5.97 Å². The minimum Gasteiger partial charge on any atom is -0.478 e. The Labute approximate surface area is 240 Å². The molecular formula is C31H29F2N5O4. The number of carbonyl (C=O) groups is 1.